The van der Waals surface area contributed by atoms with Crippen molar-refractivity contribution >= 4 is 23.5 Å². The molecular weight excluding hydrogens is 452 g/mol. The first-order chi connectivity index (χ1) is 17.0. The molecule has 9 nitrogen and oxygen atoms in total. The maximum Gasteiger partial charge on any atom is 0.312 e. The van der Waals surface area contributed by atoms with Crippen LogP contribution < -0.4 is 9.64 Å². The van der Waals surface area contributed by atoms with Crippen LogP contribution in [0.25, 0.3) is 0 Å². The third-order valence-corrected chi connectivity index (χ3v) is 7.31. The molecule has 5 rings (SSSR count). The van der Waals surface area contributed by atoms with E-state index in [1.807, 2.05) is 18.2 Å². The average molecular weight is 483 g/mol. The van der Waals surface area contributed by atoms with E-state index in [9.17, 15) is 19.5 Å². The standard InChI is InChI=1S/C26H30N2O7/c1-33-18-10-8-17(9-11-18)27-14-6-12-26-21(20-19(35-26)7-2-5-16-34-25(20)32)23(30)28(13-3-4-15-29)22(26)24(27)31/h2,6-12,19-22,29H,3-5,13-16H2,1H3/t19-,20+,21+,22?,26+/m1/s1. The van der Waals surface area contributed by atoms with E-state index in [0.29, 0.717) is 37.2 Å². The fourth-order valence-corrected chi connectivity index (χ4v) is 5.73. The van der Waals surface area contributed by atoms with Crippen LogP contribution in [-0.2, 0) is 23.9 Å². The lowest BCUT2D eigenvalue weighted by molar-refractivity contribution is -0.154. The molecule has 0 aliphatic carbocycles. The van der Waals surface area contributed by atoms with Gasteiger partial charge in [0, 0.05) is 25.4 Å². The number of aliphatic hydroxyl groups is 1. The Morgan fingerprint density at radius 2 is 1.91 bits per heavy atom. The van der Waals surface area contributed by atoms with E-state index in [2.05, 4.69) is 0 Å². The fourth-order valence-electron chi connectivity index (χ4n) is 5.73. The Bertz CT molecular complexity index is 1050. The van der Waals surface area contributed by atoms with E-state index in [1.54, 1.807) is 47.3 Å². The molecule has 4 aliphatic heterocycles. The molecule has 5 atom stereocenters. The highest BCUT2D eigenvalue weighted by atomic mass is 16.6. The molecule has 0 aromatic heterocycles. The second kappa shape index (κ2) is 9.47. The van der Waals surface area contributed by atoms with Crippen LogP contribution in [0.2, 0.25) is 0 Å². The predicted molar refractivity (Wildman–Crippen MR) is 126 cm³/mol. The zero-order valence-corrected chi connectivity index (χ0v) is 19.7. The number of hydrogen-bond donors (Lipinski definition) is 1. The number of nitrogens with zero attached hydrogens (tertiary/aromatic N) is 2. The molecule has 2 fully saturated rings. The highest BCUT2D eigenvalue weighted by Gasteiger charge is 2.71. The summed E-state index contributed by atoms with van der Waals surface area (Å²) in [5.74, 6) is -2.05. The molecule has 1 spiro atoms. The number of aliphatic hydroxyl groups excluding tert-OH is 1. The summed E-state index contributed by atoms with van der Waals surface area (Å²) in [6, 6.07) is 6.23. The van der Waals surface area contributed by atoms with E-state index in [1.165, 1.54) is 0 Å². The number of hydrogen-bond acceptors (Lipinski definition) is 7. The van der Waals surface area contributed by atoms with Crippen LogP contribution in [0.3, 0.4) is 0 Å². The number of anilines is 1. The number of amides is 2. The van der Waals surface area contributed by atoms with Crippen molar-refractivity contribution in [1.29, 1.82) is 0 Å². The number of carbonyl (C=O) groups excluding carboxylic acids is 3. The van der Waals surface area contributed by atoms with Crippen molar-refractivity contribution in [3.63, 3.8) is 0 Å². The smallest absolute Gasteiger partial charge is 0.312 e. The summed E-state index contributed by atoms with van der Waals surface area (Å²) >= 11 is 0. The first kappa shape index (κ1) is 23.6. The maximum atomic E-state index is 14.1. The zero-order valence-electron chi connectivity index (χ0n) is 19.7. The molecule has 4 heterocycles. The lowest BCUT2D eigenvalue weighted by Crippen LogP contribution is -2.55. The maximum absolute atomic E-state index is 14.1. The molecule has 0 bridgehead atoms. The quantitative estimate of drug-likeness (QED) is 0.372. The van der Waals surface area contributed by atoms with Gasteiger partial charge in [-0.05, 0) is 43.5 Å². The Morgan fingerprint density at radius 1 is 1.11 bits per heavy atom. The van der Waals surface area contributed by atoms with Gasteiger partial charge < -0.3 is 29.1 Å². The molecule has 2 amide bonds. The third kappa shape index (κ3) is 3.83. The van der Waals surface area contributed by atoms with Crippen molar-refractivity contribution in [2.24, 2.45) is 11.8 Å². The van der Waals surface area contributed by atoms with Gasteiger partial charge in [0.05, 0.1) is 25.7 Å². The highest BCUT2D eigenvalue weighted by molar-refractivity contribution is 6.05. The molecule has 1 N–H and O–H groups in total. The average Bonchev–Trinajstić information content (AvgIpc) is 3.23. The molecular formula is C26H30N2O7. The number of esters is 1. The van der Waals surface area contributed by atoms with Gasteiger partial charge in [0.1, 0.15) is 23.3 Å². The highest BCUT2D eigenvalue weighted by Crippen LogP contribution is 2.53. The lowest BCUT2D eigenvalue weighted by atomic mass is 9.77. The second-order valence-electron chi connectivity index (χ2n) is 9.24. The molecule has 0 radical (unpaired) electrons. The third-order valence-electron chi connectivity index (χ3n) is 7.31. The van der Waals surface area contributed by atoms with Crippen molar-refractivity contribution in [3.8, 4) is 5.75 Å². The Morgan fingerprint density at radius 3 is 2.66 bits per heavy atom. The molecule has 1 unspecified atom stereocenters. The van der Waals surface area contributed by atoms with Crippen LogP contribution in [0.4, 0.5) is 5.69 Å². The Kier molecular flexibility index (Phi) is 6.37. The van der Waals surface area contributed by atoms with Gasteiger partial charge in [-0.15, -0.1) is 0 Å². The summed E-state index contributed by atoms with van der Waals surface area (Å²) in [4.78, 5) is 44.2. The van der Waals surface area contributed by atoms with Gasteiger partial charge in [0.25, 0.3) is 5.91 Å². The summed E-state index contributed by atoms with van der Waals surface area (Å²) in [5.41, 5.74) is -0.607. The van der Waals surface area contributed by atoms with Crippen molar-refractivity contribution in [2.45, 2.75) is 37.0 Å². The number of likely N-dealkylation sites (tertiary alicyclic amines) is 1. The van der Waals surface area contributed by atoms with Crippen LogP contribution in [0.15, 0.2) is 48.6 Å². The Balaban J connectivity index is 1.57. The molecule has 186 valence electrons. The lowest BCUT2D eigenvalue weighted by Gasteiger charge is -2.35. The normalized spacial score (nSPS) is 31.9. The van der Waals surface area contributed by atoms with Crippen LogP contribution in [0.5, 0.6) is 5.75 Å². The monoisotopic (exact) mass is 482 g/mol. The molecule has 0 saturated carbocycles. The fraction of sp³-hybridized carbons (Fsp3) is 0.500. The summed E-state index contributed by atoms with van der Waals surface area (Å²) < 4.78 is 17.2. The molecule has 1 aromatic carbocycles. The van der Waals surface area contributed by atoms with Gasteiger partial charge in [-0.25, -0.2) is 0 Å². The SMILES string of the molecule is COc1ccc(N2CC=C[C@]34O[C@@H]5C=CCCOC(=O)[C@@H]5[C@H]3C(=O)N(CCCCO)C4C2=O)cc1. The summed E-state index contributed by atoms with van der Waals surface area (Å²) in [5, 5.41) is 9.28. The molecule has 4 aliphatic rings. The van der Waals surface area contributed by atoms with Crippen molar-refractivity contribution in [1.82, 2.24) is 4.90 Å². The molecule has 1 aromatic rings. The zero-order chi connectivity index (χ0) is 24.6. The number of rotatable bonds is 6. The van der Waals surface area contributed by atoms with Crippen molar-refractivity contribution < 1.29 is 33.7 Å². The summed E-state index contributed by atoms with van der Waals surface area (Å²) in [7, 11) is 1.58. The largest absolute Gasteiger partial charge is 0.497 e. The minimum absolute atomic E-state index is 0.00852. The van der Waals surface area contributed by atoms with Gasteiger partial charge in [-0.1, -0.05) is 24.3 Å². The number of carbonyl (C=O) groups is 3. The molecule has 35 heavy (non-hydrogen) atoms. The topological polar surface area (TPSA) is 106 Å². The van der Waals surface area contributed by atoms with E-state index in [-0.39, 0.29) is 31.6 Å². The van der Waals surface area contributed by atoms with Gasteiger partial charge in [0.15, 0.2) is 0 Å². The number of benzene rings is 1. The first-order valence-corrected chi connectivity index (χ1v) is 12.1. The second-order valence-corrected chi connectivity index (χ2v) is 9.24. The van der Waals surface area contributed by atoms with Crippen molar-refractivity contribution in [3.05, 3.63) is 48.6 Å². The summed E-state index contributed by atoms with van der Waals surface area (Å²) in [6.45, 7) is 0.819. The van der Waals surface area contributed by atoms with Crippen LogP contribution in [-0.4, -0.2) is 79.0 Å². The Labute approximate surface area is 203 Å². The van der Waals surface area contributed by atoms with Crippen LogP contribution >= 0.6 is 0 Å². The van der Waals surface area contributed by atoms with Gasteiger partial charge in [0.2, 0.25) is 5.91 Å². The number of unbranched alkanes of at least 4 members (excludes halogenated alkanes) is 1. The summed E-state index contributed by atoms with van der Waals surface area (Å²) in [6.07, 6.45) is 8.31. The van der Waals surface area contributed by atoms with Crippen LogP contribution in [0.1, 0.15) is 19.3 Å². The number of ether oxygens (including phenoxy) is 3. The van der Waals surface area contributed by atoms with E-state index in [4.69, 9.17) is 14.2 Å². The molecule has 9 heteroatoms. The number of cyclic esters (lactones) is 1. The number of fused-ring (bicyclic) bond motifs is 2. The first-order valence-electron chi connectivity index (χ1n) is 12.1. The van der Waals surface area contributed by atoms with Crippen LogP contribution in [0, 0.1) is 11.8 Å². The minimum atomic E-state index is -1.28. The van der Waals surface area contributed by atoms with E-state index < -0.39 is 35.6 Å². The van der Waals surface area contributed by atoms with Crippen molar-refractivity contribution in [2.75, 3.05) is 38.3 Å². The predicted octanol–water partition coefficient (Wildman–Crippen LogP) is 1.45. The van der Waals surface area contributed by atoms with Gasteiger partial charge in [-0.2, -0.15) is 0 Å². The number of methoxy groups -OCH3 is 1. The van der Waals surface area contributed by atoms with E-state index >= 15 is 0 Å². The molecule has 2 saturated heterocycles. The van der Waals surface area contributed by atoms with E-state index in [0.717, 1.165) is 0 Å². The Hall–Kier alpha value is -3.17. The van der Waals surface area contributed by atoms with Gasteiger partial charge in [-0.3, -0.25) is 14.4 Å². The minimum Gasteiger partial charge on any atom is -0.497 e. The van der Waals surface area contributed by atoms with Gasteiger partial charge >= 0.3 is 5.97 Å².